The fourth-order valence-electron chi connectivity index (χ4n) is 1.43. The molecule has 7 heteroatoms. The van der Waals surface area contributed by atoms with Crippen molar-refractivity contribution in [1.82, 2.24) is 4.47 Å². The van der Waals surface area contributed by atoms with E-state index in [1.54, 1.807) is 0 Å². The second kappa shape index (κ2) is 7.78. The first-order valence-corrected chi connectivity index (χ1v) is 7.61. The van der Waals surface area contributed by atoms with Gasteiger partial charge in [-0.25, -0.2) is 13.2 Å². The van der Waals surface area contributed by atoms with Crippen molar-refractivity contribution in [2.75, 3.05) is 20.8 Å². The smallest absolute Gasteiger partial charge is 0.338 e. The van der Waals surface area contributed by atoms with E-state index >= 15 is 0 Å². The number of rotatable bonds is 7. The van der Waals surface area contributed by atoms with Gasteiger partial charge in [0.15, 0.2) is 0 Å². The van der Waals surface area contributed by atoms with E-state index in [2.05, 4.69) is 10.8 Å². The van der Waals surface area contributed by atoms with Crippen molar-refractivity contribution in [3.05, 3.63) is 29.8 Å². The molecule has 0 saturated heterocycles. The lowest BCUT2D eigenvalue weighted by Gasteiger charge is -2.14. The highest BCUT2D eigenvalue weighted by atomic mass is 32.2. The Morgan fingerprint density at radius 2 is 1.95 bits per heavy atom. The van der Waals surface area contributed by atoms with Crippen LogP contribution in [0.15, 0.2) is 29.2 Å². The van der Waals surface area contributed by atoms with Crippen LogP contribution in [-0.4, -0.2) is 39.6 Å². The number of benzene rings is 1. The average Bonchev–Trinajstić information content (AvgIpc) is 2.50. The van der Waals surface area contributed by atoms with Crippen molar-refractivity contribution in [1.29, 1.82) is 0 Å². The van der Waals surface area contributed by atoms with Crippen molar-refractivity contribution in [2.45, 2.75) is 17.7 Å². The van der Waals surface area contributed by atoms with Gasteiger partial charge in [-0.2, -0.15) is 0 Å². The highest BCUT2D eigenvalue weighted by Crippen LogP contribution is 2.15. The van der Waals surface area contributed by atoms with Crippen LogP contribution in [0.25, 0.3) is 0 Å². The zero-order valence-corrected chi connectivity index (χ0v) is 12.7. The molecular formula is C14H17NO5S. The van der Waals surface area contributed by atoms with Gasteiger partial charge in [-0.05, 0) is 30.7 Å². The summed E-state index contributed by atoms with van der Waals surface area (Å²) in [6.07, 6.45) is 6.21. The third-order valence-electron chi connectivity index (χ3n) is 2.68. The summed E-state index contributed by atoms with van der Waals surface area (Å²) in [7, 11) is -1.19. The molecule has 1 aromatic carbocycles. The normalized spacial score (nSPS) is 11.1. The topological polar surface area (TPSA) is 72.9 Å². The summed E-state index contributed by atoms with van der Waals surface area (Å²) in [6, 6.07) is 5.42. The number of hydrogen-bond acceptors (Lipinski definition) is 5. The lowest BCUT2D eigenvalue weighted by atomic mass is 10.2. The molecule has 0 fully saturated rings. The molecule has 21 heavy (non-hydrogen) atoms. The quantitative estimate of drug-likeness (QED) is 0.330. The molecule has 0 saturated carbocycles. The van der Waals surface area contributed by atoms with Crippen LogP contribution in [0, 0.1) is 12.3 Å². The van der Waals surface area contributed by atoms with Gasteiger partial charge in [0.25, 0.3) is 10.0 Å². The van der Waals surface area contributed by atoms with Gasteiger partial charge in [-0.3, -0.25) is 4.84 Å². The molecule has 1 rings (SSSR count). The van der Waals surface area contributed by atoms with Gasteiger partial charge in [-0.15, -0.1) is 12.3 Å². The zero-order chi connectivity index (χ0) is 15.9. The minimum Gasteiger partial charge on any atom is -0.462 e. The Hall–Kier alpha value is -1.88. The number of ether oxygens (including phenoxy) is 1. The van der Waals surface area contributed by atoms with E-state index < -0.39 is 16.0 Å². The molecule has 0 N–H and O–H groups in total. The van der Waals surface area contributed by atoms with E-state index in [9.17, 15) is 13.2 Å². The van der Waals surface area contributed by atoms with E-state index in [1.165, 1.54) is 38.4 Å². The van der Waals surface area contributed by atoms with Crippen LogP contribution in [-0.2, 0) is 19.6 Å². The predicted octanol–water partition coefficient (Wildman–Crippen LogP) is 1.44. The van der Waals surface area contributed by atoms with E-state index in [1.807, 2.05) is 0 Å². The van der Waals surface area contributed by atoms with Crippen molar-refractivity contribution >= 4 is 16.0 Å². The van der Waals surface area contributed by atoms with Crippen LogP contribution in [0.1, 0.15) is 23.2 Å². The van der Waals surface area contributed by atoms with Crippen LogP contribution in [0.2, 0.25) is 0 Å². The van der Waals surface area contributed by atoms with Gasteiger partial charge in [0.2, 0.25) is 0 Å². The van der Waals surface area contributed by atoms with Gasteiger partial charge < -0.3 is 4.74 Å². The molecule has 1 aromatic rings. The third kappa shape index (κ3) is 4.56. The monoisotopic (exact) mass is 311 g/mol. The van der Waals surface area contributed by atoms with E-state index in [0.717, 1.165) is 4.47 Å². The molecule has 0 heterocycles. The number of hydroxylamine groups is 1. The second-order valence-corrected chi connectivity index (χ2v) is 6.00. The number of hydrogen-bond donors (Lipinski definition) is 0. The van der Waals surface area contributed by atoms with Gasteiger partial charge in [0.1, 0.15) is 0 Å². The SMILES string of the molecule is C#CCCCOC(=O)c1ccc(S(=O)(=O)N(C)OC)cc1. The lowest BCUT2D eigenvalue weighted by molar-refractivity contribution is -0.0258. The lowest BCUT2D eigenvalue weighted by Crippen LogP contribution is -2.25. The number of carbonyl (C=O) groups excluding carboxylic acids is 1. The van der Waals surface area contributed by atoms with Crippen LogP contribution in [0.5, 0.6) is 0 Å². The standard InChI is InChI=1S/C14H17NO5S/c1-4-5-6-11-20-14(16)12-7-9-13(10-8-12)21(17,18)15(2)19-3/h1,7-10H,5-6,11H2,2-3H3. The zero-order valence-electron chi connectivity index (χ0n) is 11.9. The summed E-state index contributed by atoms with van der Waals surface area (Å²) in [6.45, 7) is 0.232. The summed E-state index contributed by atoms with van der Waals surface area (Å²) in [5.41, 5.74) is 0.273. The number of nitrogens with zero attached hydrogens (tertiary/aromatic N) is 1. The minimum absolute atomic E-state index is 0.0238. The summed E-state index contributed by atoms with van der Waals surface area (Å²) in [5.74, 6) is 1.93. The molecule has 0 spiro atoms. The van der Waals surface area contributed by atoms with Gasteiger partial charge in [0, 0.05) is 13.5 Å². The predicted molar refractivity (Wildman–Crippen MR) is 76.7 cm³/mol. The van der Waals surface area contributed by atoms with Gasteiger partial charge in [-0.1, -0.05) is 4.47 Å². The molecule has 0 unspecified atom stereocenters. The Morgan fingerprint density at radius 3 is 2.48 bits per heavy atom. The molecule has 0 aliphatic carbocycles. The first-order valence-electron chi connectivity index (χ1n) is 6.17. The number of unbranched alkanes of at least 4 members (excludes halogenated alkanes) is 1. The molecule has 0 aliphatic rings. The Bertz CT molecular complexity index is 616. The van der Waals surface area contributed by atoms with Gasteiger partial charge in [0.05, 0.1) is 24.2 Å². The minimum atomic E-state index is -3.72. The fourth-order valence-corrected chi connectivity index (χ4v) is 2.41. The molecule has 0 bridgehead atoms. The molecule has 0 amide bonds. The maximum atomic E-state index is 12.0. The van der Waals surface area contributed by atoms with E-state index in [4.69, 9.17) is 11.2 Å². The van der Waals surface area contributed by atoms with Crippen molar-refractivity contribution < 1.29 is 22.8 Å². The summed E-state index contributed by atoms with van der Waals surface area (Å²) < 4.78 is 29.7. The van der Waals surface area contributed by atoms with Crippen molar-refractivity contribution in [3.8, 4) is 12.3 Å². The Kier molecular flexibility index (Phi) is 6.37. The molecular weight excluding hydrogens is 294 g/mol. The molecule has 0 atom stereocenters. The highest BCUT2D eigenvalue weighted by Gasteiger charge is 2.21. The van der Waals surface area contributed by atoms with Crippen LogP contribution in [0.4, 0.5) is 0 Å². The highest BCUT2D eigenvalue weighted by molar-refractivity contribution is 7.89. The number of esters is 1. The van der Waals surface area contributed by atoms with Crippen LogP contribution in [0.3, 0.4) is 0 Å². The summed E-state index contributed by atoms with van der Waals surface area (Å²) >= 11 is 0. The van der Waals surface area contributed by atoms with Crippen LogP contribution < -0.4 is 0 Å². The number of carbonyl (C=O) groups is 1. The van der Waals surface area contributed by atoms with E-state index in [0.29, 0.717) is 12.8 Å². The average molecular weight is 311 g/mol. The molecule has 0 aliphatic heterocycles. The molecule has 114 valence electrons. The summed E-state index contributed by atoms with van der Waals surface area (Å²) in [5, 5.41) is 0. The largest absolute Gasteiger partial charge is 0.462 e. The summed E-state index contributed by atoms with van der Waals surface area (Å²) in [4.78, 5) is 16.4. The Balaban J connectivity index is 2.75. The Morgan fingerprint density at radius 1 is 1.33 bits per heavy atom. The second-order valence-electron chi connectivity index (χ2n) is 4.07. The maximum absolute atomic E-state index is 12.0. The molecule has 6 nitrogen and oxygen atoms in total. The maximum Gasteiger partial charge on any atom is 0.338 e. The van der Waals surface area contributed by atoms with E-state index in [-0.39, 0.29) is 17.1 Å². The van der Waals surface area contributed by atoms with Crippen LogP contribution >= 0.6 is 0 Å². The fraction of sp³-hybridized carbons (Fsp3) is 0.357. The first kappa shape index (κ1) is 17.2. The number of terminal acetylenes is 1. The molecule has 0 aromatic heterocycles. The van der Waals surface area contributed by atoms with Crippen molar-refractivity contribution in [3.63, 3.8) is 0 Å². The number of sulfonamides is 1. The third-order valence-corrected chi connectivity index (χ3v) is 4.38. The molecule has 0 radical (unpaired) electrons. The Labute approximate surface area is 124 Å². The van der Waals surface area contributed by atoms with Crippen molar-refractivity contribution in [2.24, 2.45) is 0 Å². The first-order chi connectivity index (χ1) is 9.93. The van der Waals surface area contributed by atoms with Gasteiger partial charge >= 0.3 is 5.97 Å².